The predicted molar refractivity (Wildman–Crippen MR) is 86.6 cm³/mol. The van der Waals surface area contributed by atoms with Gasteiger partial charge in [0.1, 0.15) is 5.65 Å². The van der Waals surface area contributed by atoms with Gasteiger partial charge in [-0.1, -0.05) is 6.92 Å². The number of rotatable bonds is 3. The molecule has 5 nitrogen and oxygen atoms in total. The number of hydrogen-bond donors (Lipinski definition) is 1. The quantitative estimate of drug-likeness (QED) is 0.943. The van der Waals surface area contributed by atoms with E-state index >= 15 is 0 Å². The maximum atomic E-state index is 11.5. The highest BCUT2D eigenvalue weighted by Crippen LogP contribution is 2.18. The van der Waals surface area contributed by atoms with E-state index in [1.807, 2.05) is 11.1 Å². The third-order valence-electron chi connectivity index (χ3n) is 4.64. The molecule has 22 heavy (non-hydrogen) atoms. The predicted octanol–water partition coefficient (Wildman–Crippen LogP) is 1.99. The summed E-state index contributed by atoms with van der Waals surface area (Å²) in [7, 11) is 0. The summed E-state index contributed by atoms with van der Waals surface area (Å²) in [6.07, 6.45) is 5.03. The molecule has 2 aromatic heterocycles. The van der Waals surface area contributed by atoms with Gasteiger partial charge in [-0.3, -0.25) is 4.79 Å². The molecule has 5 heteroatoms. The Morgan fingerprint density at radius 1 is 1.50 bits per heavy atom. The first-order valence-corrected chi connectivity index (χ1v) is 7.96. The minimum atomic E-state index is 0.183. The Bertz CT molecular complexity index is 678. The third kappa shape index (κ3) is 2.99. The lowest BCUT2D eigenvalue weighted by Gasteiger charge is -2.37. The van der Waals surface area contributed by atoms with Crippen LogP contribution in [0.5, 0.6) is 0 Å². The van der Waals surface area contributed by atoms with E-state index in [0.717, 1.165) is 31.7 Å². The number of carbonyl (C=O) groups is 1. The van der Waals surface area contributed by atoms with Crippen molar-refractivity contribution in [3.63, 3.8) is 0 Å². The van der Waals surface area contributed by atoms with Crippen LogP contribution < -0.4 is 5.32 Å². The number of piperidine rings is 1. The van der Waals surface area contributed by atoms with E-state index in [2.05, 4.69) is 46.9 Å². The molecule has 1 amide bonds. The minimum Gasteiger partial charge on any atom is -0.343 e. The molecule has 118 valence electrons. The second-order valence-electron chi connectivity index (χ2n) is 6.40. The fourth-order valence-corrected chi connectivity index (χ4v) is 3.24. The molecule has 0 aliphatic carbocycles. The normalized spacial score (nSPS) is 22.2. The van der Waals surface area contributed by atoms with Crippen LogP contribution in [0, 0.1) is 12.8 Å². The van der Waals surface area contributed by atoms with Gasteiger partial charge >= 0.3 is 0 Å². The van der Waals surface area contributed by atoms with Gasteiger partial charge < -0.3 is 14.6 Å². The number of pyridine rings is 1. The summed E-state index contributed by atoms with van der Waals surface area (Å²) in [4.78, 5) is 17.9. The summed E-state index contributed by atoms with van der Waals surface area (Å²) < 4.78 is 2.13. The number of nitrogens with zero attached hydrogens (tertiary/aromatic N) is 3. The Balaban J connectivity index is 1.63. The van der Waals surface area contributed by atoms with Crippen molar-refractivity contribution < 1.29 is 4.79 Å². The summed E-state index contributed by atoms with van der Waals surface area (Å²) in [5.74, 6) is 0.654. The topological polar surface area (TPSA) is 49.6 Å². The largest absolute Gasteiger partial charge is 0.343 e. The lowest BCUT2D eigenvalue weighted by atomic mass is 9.94. The zero-order chi connectivity index (χ0) is 15.7. The molecular weight excluding hydrogens is 276 g/mol. The van der Waals surface area contributed by atoms with Gasteiger partial charge in [0.15, 0.2) is 0 Å². The van der Waals surface area contributed by atoms with Crippen molar-refractivity contribution in [2.75, 3.05) is 13.1 Å². The molecule has 0 radical (unpaired) electrons. The Labute approximate surface area is 131 Å². The molecule has 3 heterocycles. The fourth-order valence-electron chi connectivity index (χ4n) is 3.24. The summed E-state index contributed by atoms with van der Waals surface area (Å²) >= 11 is 0. The minimum absolute atomic E-state index is 0.183. The first-order valence-electron chi connectivity index (χ1n) is 7.96. The number of fused-ring (bicyclic) bond motifs is 1. The monoisotopic (exact) mass is 300 g/mol. The second kappa shape index (κ2) is 6.08. The molecule has 0 spiro atoms. The van der Waals surface area contributed by atoms with Crippen molar-refractivity contribution in [3.05, 3.63) is 35.8 Å². The van der Waals surface area contributed by atoms with Crippen LogP contribution in [0.2, 0.25) is 0 Å². The van der Waals surface area contributed by atoms with Crippen molar-refractivity contribution in [2.24, 2.45) is 5.92 Å². The highest BCUT2D eigenvalue weighted by molar-refractivity contribution is 5.73. The van der Waals surface area contributed by atoms with Crippen LogP contribution in [0.15, 0.2) is 24.5 Å². The van der Waals surface area contributed by atoms with Crippen LogP contribution in [-0.2, 0) is 11.3 Å². The van der Waals surface area contributed by atoms with Crippen molar-refractivity contribution in [3.8, 4) is 0 Å². The molecule has 1 aliphatic heterocycles. The van der Waals surface area contributed by atoms with Crippen LogP contribution in [0.1, 0.15) is 31.5 Å². The van der Waals surface area contributed by atoms with Gasteiger partial charge in [-0.25, -0.2) is 4.98 Å². The molecule has 0 bridgehead atoms. The number of nitrogens with one attached hydrogen (secondary N) is 1. The van der Waals surface area contributed by atoms with Gasteiger partial charge in [-0.2, -0.15) is 0 Å². The van der Waals surface area contributed by atoms with Crippen molar-refractivity contribution in [1.82, 2.24) is 19.6 Å². The summed E-state index contributed by atoms with van der Waals surface area (Å²) in [5.41, 5.74) is 3.40. The van der Waals surface area contributed by atoms with E-state index in [-0.39, 0.29) is 5.91 Å². The van der Waals surface area contributed by atoms with E-state index in [9.17, 15) is 4.79 Å². The second-order valence-corrected chi connectivity index (χ2v) is 6.40. The van der Waals surface area contributed by atoms with Crippen LogP contribution in [0.25, 0.3) is 5.65 Å². The lowest BCUT2D eigenvalue weighted by molar-refractivity contribution is -0.130. The van der Waals surface area contributed by atoms with Gasteiger partial charge in [-0.15, -0.1) is 0 Å². The maximum Gasteiger partial charge on any atom is 0.219 e. The Morgan fingerprint density at radius 2 is 2.32 bits per heavy atom. The molecule has 2 atom stereocenters. The molecule has 1 aliphatic rings. The average Bonchev–Trinajstić information content (AvgIpc) is 2.88. The summed E-state index contributed by atoms with van der Waals surface area (Å²) in [6, 6.07) is 4.65. The average molecular weight is 300 g/mol. The standard InChI is InChI=1S/C17H24N4O/c1-12-4-7-21-15(10-19-17(21)8-12)9-18-16-5-6-20(14(3)22)11-13(16)2/h4,7-8,10,13,16,18H,5-6,9,11H2,1-3H3/t13-,16+/m0/s1. The van der Waals surface area contributed by atoms with E-state index < -0.39 is 0 Å². The lowest BCUT2D eigenvalue weighted by Crippen LogP contribution is -2.49. The number of hydrogen-bond acceptors (Lipinski definition) is 3. The maximum absolute atomic E-state index is 11.5. The molecule has 1 fully saturated rings. The van der Waals surface area contributed by atoms with E-state index in [1.165, 1.54) is 11.3 Å². The molecular formula is C17H24N4O. The molecule has 3 rings (SSSR count). The number of likely N-dealkylation sites (tertiary alicyclic amines) is 1. The van der Waals surface area contributed by atoms with Gasteiger partial charge in [0, 0.05) is 38.8 Å². The third-order valence-corrected chi connectivity index (χ3v) is 4.64. The molecule has 1 N–H and O–H groups in total. The van der Waals surface area contributed by atoms with Crippen LogP contribution in [-0.4, -0.2) is 39.3 Å². The smallest absolute Gasteiger partial charge is 0.219 e. The summed E-state index contributed by atoms with van der Waals surface area (Å²) in [5, 5.41) is 3.64. The van der Waals surface area contributed by atoms with Crippen LogP contribution >= 0.6 is 0 Å². The number of aryl methyl sites for hydroxylation is 1. The molecule has 1 saturated heterocycles. The van der Waals surface area contributed by atoms with Crippen LogP contribution in [0.4, 0.5) is 0 Å². The van der Waals surface area contributed by atoms with E-state index in [0.29, 0.717) is 12.0 Å². The fraction of sp³-hybridized carbons (Fsp3) is 0.529. The molecule has 0 aromatic carbocycles. The highest BCUT2D eigenvalue weighted by Gasteiger charge is 2.26. The van der Waals surface area contributed by atoms with Crippen molar-refractivity contribution in [2.45, 2.75) is 39.8 Å². The molecule has 2 aromatic rings. The number of amides is 1. The van der Waals surface area contributed by atoms with Crippen molar-refractivity contribution in [1.29, 1.82) is 0 Å². The van der Waals surface area contributed by atoms with Crippen molar-refractivity contribution >= 4 is 11.6 Å². The first-order chi connectivity index (χ1) is 10.5. The zero-order valence-electron chi connectivity index (χ0n) is 13.5. The Morgan fingerprint density at radius 3 is 3.05 bits per heavy atom. The SMILES string of the molecule is CC(=O)N1CC[C@@H](NCc2cnc3cc(C)ccn23)[C@@H](C)C1. The van der Waals surface area contributed by atoms with Crippen LogP contribution in [0.3, 0.4) is 0 Å². The highest BCUT2D eigenvalue weighted by atomic mass is 16.2. The molecule has 0 saturated carbocycles. The molecule has 0 unspecified atom stereocenters. The number of carbonyl (C=O) groups excluding carboxylic acids is 1. The van der Waals surface area contributed by atoms with Gasteiger partial charge in [0.05, 0.1) is 11.9 Å². The first kappa shape index (κ1) is 15.0. The van der Waals surface area contributed by atoms with Gasteiger partial charge in [0.25, 0.3) is 0 Å². The van der Waals surface area contributed by atoms with Gasteiger partial charge in [0.2, 0.25) is 5.91 Å². The number of aromatic nitrogens is 2. The Hall–Kier alpha value is -1.88. The summed E-state index contributed by atoms with van der Waals surface area (Å²) in [6.45, 7) is 8.45. The Kier molecular flexibility index (Phi) is 4.16. The van der Waals surface area contributed by atoms with E-state index in [4.69, 9.17) is 0 Å². The van der Waals surface area contributed by atoms with E-state index in [1.54, 1.807) is 6.92 Å². The number of imidazole rings is 1. The van der Waals surface area contributed by atoms with Gasteiger partial charge in [-0.05, 0) is 37.0 Å². The zero-order valence-corrected chi connectivity index (χ0v) is 13.5.